The third-order valence-electron chi connectivity index (χ3n) is 3.45. The highest BCUT2D eigenvalue weighted by Crippen LogP contribution is 2.23. The van der Waals surface area contributed by atoms with Crippen molar-refractivity contribution in [2.24, 2.45) is 5.92 Å². The third-order valence-corrected chi connectivity index (χ3v) is 4.21. The second-order valence-electron chi connectivity index (χ2n) is 4.95. The van der Waals surface area contributed by atoms with Crippen LogP contribution in [0, 0.1) is 5.92 Å². The minimum atomic E-state index is -0.855. The highest BCUT2D eigenvalue weighted by atomic mass is 32.1. The van der Waals surface area contributed by atoms with Gasteiger partial charge < -0.3 is 15.3 Å². The van der Waals surface area contributed by atoms with Crippen LogP contribution < -0.4 is 5.32 Å². The lowest BCUT2D eigenvalue weighted by Crippen LogP contribution is -2.30. The molecular formula is C14H14N4O3S. The molecule has 0 spiro atoms. The van der Waals surface area contributed by atoms with Gasteiger partial charge in [0, 0.05) is 24.7 Å². The highest BCUT2D eigenvalue weighted by molar-refractivity contribution is 7.14. The average molecular weight is 318 g/mol. The van der Waals surface area contributed by atoms with Crippen LogP contribution in [0.3, 0.4) is 0 Å². The Morgan fingerprint density at radius 1 is 1.41 bits per heavy atom. The molecule has 1 aliphatic heterocycles. The van der Waals surface area contributed by atoms with Crippen molar-refractivity contribution in [3.8, 4) is 0 Å². The second kappa shape index (κ2) is 6.10. The summed E-state index contributed by atoms with van der Waals surface area (Å²) in [7, 11) is 0. The van der Waals surface area contributed by atoms with Crippen molar-refractivity contribution in [2.75, 3.05) is 18.4 Å². The maximum absolute atomic E-state index is 12.3. The smallest absolute Gasteiger partial charge is 0.308 e. The van der Waals surface area contributed by atoms with Crippen LogP contribution in [0.25, 0.3) is 0 Å². The van der Waals surface area contributed by atoms with Gasteiger partial charge in [-0.2, -0.15) is 0 Å². The molecule has 8 heteroatoms. The molecule has 0 saturated carbocycles. The Morgan fingerprint density at radius 3 is 2.95 bits per heavy atom. The Hall–Kier alpha value is -2.48. The zero-order valence-corrected chi connectivity index (χ0v) is 12.4. The summed E-state index contributed by atoms with van der Waals surface area (Å²) in [5, 5.41) is 14.3. The van der Waals surface area contributed by atoms with Gasteiger partial charge >= 0.3 is 5.97 Å². The van der Waals surface area contributed by atoms with Crippen molar-refractivity contribution in [3.05, 3.63) is 35.5 Å². The normalized spacial score (nSPS) is 17.5. The molecule has 2 N–H and O–H groups in total. The molecular weight excluding hydrogens is 304 g/mol. The van der Waals surface area contributed by atoms with Crippen LogP contribution >= 0.6 is 11.3 Å². The molecule has 1 amide bonds. The van der Waals surface area contributed by atoms with E-state index in [1.807, 2.05) is 12.1 Å². The van der Waals surface area contributed by atoms with Crippen LogP contribution in [0.2, 0.25) is 0 Å². The predicted octanol–water partition coefficient (Wildman–Crippen LogP) is 1.83. The molecule has 0 aliphatic carbocycles. The van der Waals surface area contributed by atoms with E-state index in [0.29, 0.717) is 29.6 Å². The molecule has 1 atom stereocenters. The molecule has 2 aromatic rings. The number of hydrogen-bond acceptors (Lipinski definition) is 6. The number of pyridine rings is 1. The zero-order valence-electron chi connectivity index (χ0n) is 11.6. The van der Waals surface area contributed by atoms with Crippen molar-refractivity contribution in [3.63, 3.8) is 0 Å². The molecule has 0 aromatic carbocycles. The first-order valence-electron chi connectivity index (χ1n) is 6.79. The van der Waals surface area contributed by atoms with Crippen molar-refractivity contribution >= 4 is 34.2 Å². The van der Waals surface area contributed by atoms with E-state index in [4.69, 9.17) is 5.11 Å². The van der Waals surface area contributed by atoms with Crippen LogP contribution in [0.4, 0.5) is 10.9 Å². The van der Waals surface area contributed by atoms with Gasteiger partial charge in [0.15, 0.2) is 5.13 Å². The number of nitrogens with one attached hydrogen (secondary N) is 1. The van der Waals surface area contributed by atoms with Crippen LogP contribution in [-0.2, 0) is 4.79 Å². The lowest BCUT2D eigenvalue weighted by molar-refractivity contribution is -0.141. The van der Waals surface area contributed by atoms with E-state index in [1.165, 1.54) is 11.3 Å². The number of carbonyl (C=O) groups excluding carboxylic acids is 1. The quantitative estimate of drug-likeness (QED) is 0.893. The number of aliphatic carboxylic acids is 1. The first kappa shape index (κ1) is 14.5. The summed E-state index contributed by atoms with van der Waals surface area (Å²) in [6, 6.07) is 5.47. The van der Waals surface area contributed by atoms with E-state index in [-0.39, 0.29) is 12.5 Å². The maximum Gasteiger partial charge on any atom is 0.308 e. The summed E-state index contributed by atoms with van der Waals surface area (Å²) < 4.78 is 0. The predicted molar refractivity (Wildman–Crippen MR) is 81.3 cm³/mol. The zero-order chi connectivity index (χ0) is 15.5. The summed E-state index contributed by atoms with van der Waals surface area (Å²) in [6.45, 7) is 0.699. The molecule has 1 unspecified atom stereocenters. The first-order chi connectivity index (χ1) is 10.6. The number of amides is 1. The van der Waals surface area contributed by atoms with Crippen molar-refractivity contribution in [2.45, 2.75) is 6.42 Å². The standard InChI is InChI=1S/C14H14N4O3S/c19-12(18-6-4-9(7-18)13(20)21)10-8-22-14(16-10)17-11-3-1-2-5-15-11/h1-3,5,8-9H,4,6-7H2,(H,20,21)(H,15,16,17). The number of carbonyl (C=O) groups is 2. The highest BCUT2D eigenvalue weighted by Gasteiger charge is 2.32. The van der Waals surface area contributed by atoms with Crippen LogP contribution in [-0.4, -0.2) is 44.9 Å². The van der Waals surface area contributed by atoms with Gasteiger partial charge in [0.1, 0.15) is 11.5 Å². The fraction of sp³-hybridized carbons (Fsp3) is 0.286. The van der Waals surface area contributed by atoms with E-state index in [0.717, 1.165) is 0 Å². The number of anilines is 2. The lowest BCUT2D eigenvalue weighted by Gasteiger charge is -2.13. The molecule has 3 heterocycles. The molecule has 3 rings (SSSR count). The topological polar surface area (TPSA) is 95.4 Å². The fourth-order valence-corrected chi connectivity index (χ4v) is 2.98. The van der Waals surface area contributed by atoms with Gasteiger partial charge in [0.2, 0.25) is 0 Å². The fourth-order valence-electron chi connectivity index (χ4n) is 2.28. The van der Waals surface area contributed by atoms with Gasteiger partial charge in [0.05, 0.1) is 5.92 Å². The van der Waals surface area contributed by atoms with E-state index >= 15 is 0 Å². The largest absolute Gasteiger partial charge is 0.481 e. The Balaban J connectivity index is 1.66. The number of thiazole rings is 1. The molecule has 22 heavy (non-hydrogen) atoms. The number of likely N-dealkylation sites (tertiary alicyclic amines) is 1. The van der Waals surface area contributed by atoms with E-state index < -0.39 is 11.9 Å². The van der Waals surface area contributed by atoms with Gasteiger partial charge in [-0.25, -0.2) is 9.97 Å². The Labute approximate surface area is 130 Å². The molecule has 1 saturated heterocycles. The minimum absolute atomic E-state index is 0.228. The SMILES string of the molecule is O=C(O)C1CCN(C(=O)c2csc(Nc3ccccn3)n2)C1. The van der Waals surface area contributed by atoms with Gasteiger partial charge in [-0.1, -0.05) is 6.07 Å². The van der Waals surface area contributed by atoms with Crippen LogP contribution in [0.1, 0.15) is 16.9 Å². The Bertz CT molecular complexity index is 688. The molecule has 2 aromatic heterocycles. The van der Waals surface area contributed by atoms with E-state index in [2.05, 4.69) is 15.3 Å². The van der Waals surface area contributed by atoms with Crippen molar-refractivity contribution in [1.82, 2.24) is 14.9 Å². The van der Waals surface area contributed by atoms with Crippen molar-refractivity contribution < 1.29 is 14.7 Å². The van der Waals surface area contributed by atoms with Gasteiger partial charge in [-0.05, 0) is 18.6 Å². The molecule has 1 aliphatic rings. The summed E-state index contributed by atoms with van der Waals surface area (Å²) in [5.41, 5.74) is 0.328. The molecule has 0 bridgehead atoms. The summed E-state index contributed by atoms with van der Waals surface area (Å²) in [5.74, 6) is -0.906. The number of hydrogen-bond donors (Lipinski definition) is 2. The third kappa shape index (κ3) is 3.06. The first-order valence-corrected chi connectivity index (χ1v) is 7.67. The minimum Gasteiger partial charge on any atom is -0.481 e. The Morgan fingerprint density at radius 2 is 2.27 bits per heavy atom. The summed E-state index contributed by atoms with van der Waals surface area (Å²) in [4.78, 5) is 33.2. The second-order valence-corrected chi connectivity index (χ2v) is 5.81. The number of carboxylic acid groups (broad SMARTS) is 1. The van der Waals surface area contributed by atoms with Crippen LogP contribution in [0.15, 0.2) is 29.8 Å². The number of nitrogens with zero attached hydrogens (tertiary/aromatic N) is 3. The molecule has 1 fully saturated rings. The molecule has 0 radical (unpaired) electrons. The van der Waals surface area contributed by atoms with Gasteiger partial charge in [-0.3, -0.25) is 9.59 Å². The Kier molecular flexibility index (Phi) is 4.01. The van der Waals surface area contributed by atoms with Crippen molar-refractivity contribution in [1.29, 1.82) is 0 Å². The maximum atomic E-state index is 12.3. The molecule has 114 valence electrons. The number of carboxylic acids is 1. The van der Waals surface area contributed by atoms with E-state index in [1.54, 1.807) is 22.5 Å². The number of aromatic nitrogens is 2. The van der Waals surface area contributed by atoms with Gasteiger partial charge in [0.25, 0.3) is 5.91 Å². The lowest BCUT2D eigenvalue weighted by atomic mass is 10.1. The van der Waals surface area contributed by atoms with Gasteiger partial charge in [-0.15, -0.1) is 11.3 Å². The summed E-state index contributed by atoms with van der Waals surface area (Å²) in [6.07, 6.45) is 2.16. The average Bonchev–Trinajstić information content (AvgIpc) is 3.17. The number of rotatable bonds is 4. The monoisotopic (exact) mass is 318 g/mol. The van der Waals surface area contributed by atoms with E-state index in [9.17, 15) is 9.59 Å². The van der Waals surface area contributed by atoms with Crippen LogP contribution in [0.5, 0.6) is 0 Å². The summed E-state index contributed by atoms with van der Waals surface area (Å²) >= 11 is 1.31. The molecule has 7 nitrogen and oxygen atoms in total.